The van der Waals surface area contributed by atoms with E-state index in [-0.39, 0.29) is 22.4 Å². The van der Waals surface area contributed by atoms with Crippen molar-refractivity contribution in [2.45, 2.75) is 4.34 Å². The topological polar surface area (TPSA) is 85.1 Å². The zero-order valence-electron chi connectivity index (χ0n) is 13.2. The van der Waals surface area contributed by atoms with Crippen LogP contribution in [0.2, 0.25) is 5.02 Å². The minimum absolute atomic E-state index is 0.123. The maximum Gasteiger partial charge on any atom is 0.271 e. The first-order chi connectivity index (χ1) is 12.5. The van der Waals surface area contributed by atoms with Crippen LogP contribution in [0.4, 0.5) is 11.4 Å². The molecular formula is C17H12ClN3O3S2. The number of aromatic nitrogens is 1. The molecule has 3 rings (SSSR count). The van der Waals surface area contributed by atoms with Gasteiger partial charge in [-0.15, -0.1) is 11.3 Å². The standard InChI is InChI=1S/C17H12ClN3O3S2/c18-13-8-12(21(23)24)6-7-14(13)19-16(22)10-26-17-20-15(9-25-17)11-4-2-1-3-5-11/h1-9H,10H2,(H,19,22). The first-order valence-electron chi connectivity index (χ1n) is 7.40. The Morgan fingerprint density at radius 2 is 2.04 bits per heavy atom. The molecule has 0 saturated heterocycles. The van der Waals surface area contributed by atoms with E-state index in [1.807, 2.05) is 35.7 Å². The maximum atomic E-state index is 12.1. The molecule has 0 aliphatic rings. The van der Waals surface area contributed by atoms with Crippen LogP contribution in [-0.4, -0.2) is 21.6 Å². The number of halogens is 1. The van der Waals surface area contributed by atoms with Gasteiger partial charge in [0.15, 0.2) is 4.34 Å². The Bertz CT molecular complexity index is 947. The van der Waals surface area contributed by atoms with Gasteiger partial charge in [0.05, 0.1) is 27.1 Å². The van der Waals surface area contributed by atoms with Gasteiger partial charge < -0.3 is 5.32 Å². The Labute approximate surface area is 162 Å². The lowest BCUT2D eigenvalue weighted by atomic mass is 10.2. The summed E-state index contributed by atoms with van der Waals surface area (Å²) in [5.74, 6) is -0.100. The van der Waals surface area contributed by atoms with E-state index in [0.717, 1.165) is 15.6 Å². The van der Waals surface area contributed by atoms with Crippen LogP contribution < -0.4 is 5.32 Å². The van der Waals surface area contributed by atoms with Gasteiger partial charge in [-0.1, -0.05) is 53.7 Å². The molecule has 0 aliphatic heterocycles. The fraction of sp³-hybridized carbons (Fsp3) is 0.0588. The van der Waals surface area contributed by atoms with Crippen molar-refractivity contribution in [1.29, 1.82) is 0 Å². The van der Waals surface area contributed by atoms with Crippen molar-refractivity contribution in [1.82, 2.24) is 4.98 Å². The second kappa shape index (κ2) is 8.31. The van der Waals surface area contributed by atoms with E-state index in [2.05, 4.69) is 10.3 Å². The average Bonchev–Trinajstić information content (AvgIpc) is 3.11. The molecule has 0 spiro atoms. The minimum atomic E-state index is -0.542. The molecule has 0 unspecified atom stereocenters. The number of nitro benzene ring substituents is 1. The Balaban J connectivity index is 1.58. The molecule has 3 aromatic rings. The van der Waals surface area contributed by atoms with Crippen LogP contribution >= 0.6 is 34.7 Å². The van der Waals surface area contributed by atoms with Crippen LogP contribution in [0.5, 0.6) is 0 Å². The van der Waals surface area contributed by atoms with Crippen molar-refractivity contribution < 1.29 is 9.72 Å². The smallest absolute Gasteiger partial charge is 0.271 e. The number of rotatable bonds is 6. The number of nitrogens with one attached hydrogen (secondary N) is 1. The molecule has 6 nitrogen and oxygen atoms in total. The zero-order chi connectivity index (χ0) is 18.5. The predicted molar refractivity (Wildman–Crippen MR) is 105 cm³/mol. The van der Waals surface area contributed by atoms with Crippen LogP contribution in [0, 0.1) is 10.1 Å². The normalized spacial score (nSPS) is 10.5. The fourth-order valence-electron chi connectivity index (χ4n) is 2.10. The molecule has 1 heterocycles. The fourth-order valence-corrected chi connectivity index (χ4v) is 3.95. The monoisotopic (exact) mass is 405 g/mol. The van der Waals surface area contributed by atoms with Crippen molar-refractivity contribution in [3.05, 3.63) is 69.0 Å². The molecule has 0 bridgehead atoms. The largest absolute Gasteiger partial charge is 0.324 e. The second-order valence-electron chi connectivity index (χ2n) is 5.12. The maximum absolute atomic E-state index is 12.1. The molecule has 26 heavy (non-hydrogen) atoms. The number of nitrogens with zero attached hydrogens (tertiary/aromatic N) is 2. The summed E-state index contributed by atoms with van der Waals surface area (Å²) in [4.78, 5) is 26.8. The van der Waals surface area contributed by atoms with Crippen LogP contribution in [0.15, 0.2) is 58.3 Å². The van der Waals surface area contributed by atoms with Gasteiger partial charge in [0.2, 0.25) is 5.91 Å². The number of thioether (sulfide) groups is 1. The van der Waals surface area contributed by atoms with Crippen LogP contribution in [-0.2, 0) is 4.79 Å². The van der Waals surface area contributed by atoms with E-state index in [0.29, 0.717) is 5.69 Å². The molecule has 1 N–H and O–H groups in total. The Kier molecular flexibility index (Phi) is 5.87. The summed E-state index contributed by atoms with van der Waals surface area (Å²) in [6.45, 7) is 0. The molecule has 0 aliphatic carbocycles. The lowest BCUT2D eigenvalue weighted by molar-refractivity contribution is -0.384. The Morgan fingerprint density at radius 1 is 1.27 bits per heavy atom. The van der Waals surface area contributed by atoms with Gasteiger partial charge in [0.1, 0.15) is 0 Å². The molecule has 132 valence electrons. The minimum Gasteiger partial charge on any atom is -0.324 e. The van der Waals surface area contributed by atoms with Crippen LogP contribution in [0.25, 0.3) is 11.3 Å². The molecule has 9 heteroatoms. The highest BCUT2D eigenvalue weighted by Crippen LogP contribution is 2.29. The van der Waals surface area contributed by atoms with Gasteiger partial charge in [0.25, 0.3) is 5.69 Å². The first kappa shape index (κ1) is 18.4. The van der Waals surface area contributed by atoms with Gasteiger partial charge >= 0.3 is 0 Å². The number of thiazole rings is 1. The molecular weight excluding hydrogens is 394 g/mol. The van der Waals surface area contributed by atoms with Crippen molar-refractivity contribution in [3.63, 3.8) is 0 Å². The number of hydrogen-bond acceptors (Lipinski definition) is 6. The average molecular weight is 406 g/mol. The van der Waals surface area contributed by atoms with Gasteiger partial charge in [-0.3, -0.25) is 14.9 Å². The van der Waals surface area contributed by atoms with Crippen molar-refractivity contribution in [2.75, 3.05) is 11.1 Å². The SMILES string of the molecule is O=C(CSc1nc(-c2ccccc2)cs1)Nc1ccc([N+](=O)[O-])cc1Cl. The summed E-state index contributed by atoms with van der Waals surface area (Å²) >= 11 is 8.76. The highest BCUT2D eigenvalue weighted by molar-refractivity contribution is 8.01. The number of carbonyl (C=O) groups is 1. The summed E-state index contributed by atoms with van der Waals surface area (Å²) in [7, 11) is 0. The summed E-state index contributed by atoms with van der Waals surface area (Å²) in [6, 6.07) is 13.7. The van der Waals surface area contributed by atoms with Gasteiger partial charge in [-0.25, -0.2) is 4.98 Å². The molecule has 0 atom stereocenters. The number of nitro groups is 1. The lowest BCUT2D eigenvalue weighted by Crippen LogP contribution is -2.14. The van der Waals surface area contributed by atoms with Crippen molar-refractivity contribution in [2.24, 2.45) is 0 Å². The Hall–Kier alpha value is -2.42. The van der Waals surface area contributed by atoms with E-state index < -0.39 is 4.92 Å². The first-order valence-corrected chi connectivity index (χ1v) is 9.65. The predicted octanol–water partition coefficient (Wildman–Crippen LogP) is 5.10. The number of benzene rings is 2. The van der Waals surface area contributed by atoms with E-state index >= 15 is 0 Å². The third-order valence-electron chi connectivity index (χ3n) is 3.32. The summed E-state index contributed by atoms with van der Waals surface area (Å²) < 4.78 is 0.786. The van der Waals surface area contributed by atoms with Gasteiger partial charge in [-0.05, 0) is 6.07 Å². The number of amides is 1. The lowest BCUT2D eigenvalue weighted by Gasteiger charge is -2.06. The molecule has 0 radical (unpaired) electrons. The summed E-state index contributed by atoms with van der Waals surface area (Å²) in [6.07, 6.45) is 0. The quantitative estimate of drug-likeness (QED) is 0.350. The van der Waals surface area contributed by atoms with E-state index in [1.165, 1.54) is 41.3 Å². The summed E-state index contributed by atoms with van der Waals surface area (Å²) in [5, 5.41) is 15.4. The van der Waals surface area contributed by atoms with Crippen molar-refractivity contribution in [3.8, 4) is 11.3 Å². The molecule has 1 aromatic heterocycles. The van der Waals surface area contributed by atoms with E-state index in [4.69, 9.17) is 11.6 Å². The third kappa shape index (κ3) is 4.60. The second-order valence-corrected chi connectivity index (χ2v) is 7.61. The molecule has 1 amide bonds. The zero-order valence-corrected chi connectivity index (χ0v) is 15.6. The molecule has 2 aromatic carbocycles. The van der Waals surface area contributed by atoms with Crippen LogP contribution in [0.1, 0.15) is 0 Å². The summed E-state index contributed by atoms with van der Waals surface area (Å²) in [5.41, 5.74) is 2.11. The third-order valence-corrected chi connectivity index (χ3v) is 5.65. The number of non-ortho nitro benzene ring substituents is 1. The van der Waals surface area contributed by atoms with Gasteiger partial charge in [0, 0.05) is 23.1 Å². The van der Waals surface area contributed by atoms with Crippen molar-refractivity contribution >= 4 is 52.0 Å². The molecule has 0 fully saturated rings. The van der Waals surface area contributed by atoms with E-state index in [9.17, 15) is 14.9 Å². The molecule has 0 saturated carbocycles. The highest BCUT2D eigenvalue weighted by Gasteiger charge is 2.13. The number of carbonyl (C=O) groups excluding carboxylic acids is 1. The highest BCUT2D eigenvalue weighted by atomic mass is 35.5. The van der Waals surface area contributed by atoms with Crippen LogP contribution in [0.3, 0.4) is 0 Å². The number of hydrogen-bond donors (Lipinski definition) is 1. The van der Waals surface area contributed by atoms with Gasteiger partial charge in [-0.2, -0.15) is 0 Å². The van der Waals surface area contributed by atoms with E-state index in [1.54, 1.807) is 0 Å². The Morgan fingerprint density at radius 3 is 2.73 bits per heavy atom. The number of anilines is 1.